The van der Waals surface area contributed by atoms with Crippen molar-refractivity contribution >= 4 is 12.0 Å². The van der Waals surface area contributed by atoms with Crippen molar-refractivity contribution in [3.63, 3.8) is 0 Å². The zero-order valence-corrected chi connectivity index (χ0v) is 6.22. The molecule has 0 atom stereocenters. The van der Waals surface area contributed by atoms with Crippen LogP contribution in [0.3, 0.4) is 0 Å². The Morgan fingerprint density at radius 3 is 2.55 bits per heavy atom. The number of rotatable bonds is 2. The Bertz CT molecular complexity index is 148. The van der Waals surface area contributed by atoms with Gasteiger partial charge in [0.1, 0.15) is 0 Å². The number of nitrogens with one attached hydrogen (secondary N) is 2. The first-order chi connectivity index (χ1) is 5.20. The molecule has 0 aromatic heterocycles. The van der Waals surface area contributed by atoms with Crippen molar-refractivity contribution in [3.05, 3.63) is 0 Å². The Kier molecular flexibility index (Phi) is 4.83. The Hall–Kier alpha value is -1.30. The summed E-state index contributed by atoms with van der Waals surface area (Å²) in [6.07, 6.45) is -0.700. The van der Waals surface area contributed by atoms with Crippen LogP contribution in [0.2, 0.25) is 0 Å². The molecule has 6 nitrogen and oxygen atoms in total. The first-order valence-corrected chi connectivity index (χ1v) is 3.12. The van der Waals surface area contributed by atoms with Gasteiger partial charge in [0.25, 0.3) is 5.91 Å². The number of hydrogen-bond acceptors (Lipinski definition) is 4. The topological polar surface area (TPSA) is 93.5 Å². The largest absolute Gasteiger partial charge is 0.449 e. The van der Waals surface area contributed by atoms with E-state index in [4.69, 9.17) is 5.73 Å². The molecule has 0 rings (SSSR count). The number of carbonyl (C=O) groups excluding carboxylic acids is 2. The zero-order chi connectivity index (χ0) is 8.69. The SMILES string of the molecule is CCOC(=O)NNC(=O)CN. The summed E-state index contributed by atoms with van der Waals surface area (Å²) in [4.78, 5) is 20.9. The minimum Gasteiger partial charge on any atom is -0.449 e. The highest BCUT2D eigenvalue weighted by Crippen LogP contribution is 1.71. The third kappa shape index (κ3) is 5.16. The maximum absolute atomic E-state index is 10.5. The molecule has 0 aliphatic rings. The molecular weight excluding hydrogens is 150 g/mol. The lowest BCUT2D eigenvalue weighted by Gasteiger charge is -2.04. The molecule has 4 N–H and O–H groups in total. The summed E-state index contributed by atoms with van der Waals surface area (Å²) in [6.45, 7) is 1.74. The molecule has 6 heteroatoms. The van der Waals surface area contributed by atoms with Crippen LogP contribution in [-0.4, -0.2) is 25.2 Å². The van der Waals surface area contributed by atoms with Gasteiger partial charge in [0.2, 0.25) is 0 Å². The van der Waals surface area contributed by atoms with Gasteiger partial charge in [0.15, 0.2) is 0 Å². The number of carbonyl (C=O) groups is 2. The Morgan fingerprint density at radius 2 is 2.09 bits per heavy atom. The average Bonchev–Trinajstić information content (AvgIpc) is 2.01. The van der Waals surface area contributed by atoms with Gasteiger partial charge in [-0.3, -0.25) is 10.2 Å². The van der Waals surface area contributed by atoms with E-state index >= 15 is 0 Å². The van der Waals surface area contributed by atoms with Gasteiger partial charge in [-0.2, -0.15) is 0 Å². The summed E-state index contributed by atoms with van der Waals surface area (Å²) in [5, 5.41) is 0. The zero-order valence-electron chi connectivity index (χ0n) is 6.22. The van der Waals surface area contributed by atoms with Crippen molar-refractivity contribution in [3.8, 4) is 0 Å². The quantitative estimate of drug-likeness (QED) is 0.440. The van der Waals surface area contributed by atoms with Crippen LogP contribution in [0.5, 0.6) is 0 Å². The molecule has 0 aliphatic carbocycles. The van der Waals surface area contributed by atoms with E-state index in [0.717, 1.165) is 0 Å². The minimum atomic E-state index is -0.700. The second-order valence-electron chi connectivity index (χ2n) is 1.60. The Labute approximate surface area is 64.0 Å². The smallest absolute Gasteiger partial charge is 0.426 e. The van der Waals surface area contributed by atoms with E-state index in [1.54, 1.807) is 6.92 Å². The molecule has 0 fully saturated rings. The highest BCUT2D eigenvalue weighted by atomic mass is 16.5. The van der Waals surface area contributed by atoms with Crippen molar-refractivity contribution < 1.29 is 14.3 Å². The van der Waals surface area contributed by atoms with E-state index < -0.39 is 12.0 Å². The van der Waals surface area contributed by atoms with E-state index in [1.807, 2.05) is 10.9 Å². The number of nitrogens with two attached hydrogens (primary N) is 1. The van der Waals surface area contributed by atoms with E-state index in [-0.39, 0.29) is 13.2 Å². The monoisotopic (exact) mass is 161 g/mol. The lowest BCUT2D eigenvalue weighted by Crippen LogP contribution is -2.44. The summed E-state index contributed by atoms with van der Waals surface area (Å²) in [5.74, 6) is -0.474. The molecule has 0 saturated carbocycles. The van der Waals surface area contributed by atoms with Gasteiger partial charge in [-0.15, -0.1) is 0 Å². The molecule has 64 valence electrons. The highest BCUT2D eigenvalue weighted by molar-refractivity contribution is 5.80. The number of amides is 2. The second-order valence-corrected chi connectivity index (χ2v) is 1.60. The van der Waals surface area contributed by atoms with Crippen LogP contribution in [-0.2, 0) is 9.53 Å². The van der Waals surface area contributed by atoms with Crippen LogP contribution in [0.15, 0.2) is 0 Å². The summed E-state index contributed by atoms with van der Waals surface area (Å²) < 4.78 is 4.43. The lowest BCUT2D eigenvalue weighted by molar-refractivity contribution is -0.120. The predicted octanol–water partition coefficient (Wildman–Crippen LogP) is -1.28. The van der Waals surface area contributed by atoms with Crippen LogP contribution in [0.4, 0.5) is 4.79 Å². The molecule has 0 aliphatic heterocycles. The molecule has 0 saturated heterocycles. The van der Waals surface area contributed by atoms with Crippen LogP contribution in [0.1, 0.15) is 6.92 Å². The number of ether oxygens (including phenoxy) is 1. The fourth-order valence-electron chi connectivity index (χ4n) is 0.339. The second kappa shape index (κ2) is 5.48. The standard InChI is InChI=1S/C5H11N3O3/c1-2-11-5(10)8-7-4(9)3-6/h2-3,6H2,1H3,(H,7,9)(H,8,10). The van der Waals surface area contributed by atoms with Crippen molar-refractivity contribution in [2.24, 2.45) is 5.73 Å². The van der Waals surface area contributed by atoms with Crippen LogP contribution in [0.25, 0.3) is 0 Å². The average molecular weight is 161 g/mol. The van der Waals surface area contributed by atoms with Crippen LogP contribution in [0, 0.1) is 0 Å². The normalized spacial score (nSPS) is 8.55. The number of hydrazine groups is 1. The first kappa shape index (κ1) is 9.70. The summed E-state index contributed by atoms with van der Waals surface area (Å²) in [5.41, 5.74) is 8.95. The molecule has 0 spiro atoms. The van der Waals surface area contributed by atoms with E-state index in [2.05, 4.69) is 4.74 Å². The van der Waals surface area contributed by atoms with Crippen molar-refractivity contribution in [2.45, 2.75) is 6.92 Å². The molecular formula is C5H11N3O3. The third-order valence-electron chi connectivity index (χ3n) is 0.765. The fourth-order valence-corrected chi connectivity index (χ4v) is 0.339. The van der Waals surface area contributed by atoms with Gasteiger partial charge in [-0.1, -0.05) is 0 Å². The van der Waals surface area contributed by atoms with Gasteiger partial charge in [0.05, 0.1) is 13.2 Å². The van der Waals surface area contributed by atoms with Gasteiger partial charge < -0.3 is 10.5 Å². The van der Waals surface area contributed by atoms with Gasteiger partial charge in [-0.05, 0) is 6.92 Å². The van der Waals surface area contributed by atoms with Crippen molar-refractivity contribution in [2.75, 3.05) is 13.2 Å². The Balaban J connectivity index is 3.38. The van der Waals surface area contributed by atoms with Gasteiger partial charge in [-0.25, -0.2) is 10.2 Å². The molecule has 2 amide bonds. The molecule has 0 aromatic rings. The summed E-state index contributed by atoms with van der Waals surface area (Å²) in [7, 11) is 0. The molecule has 0 unspecified atom stereocenters. The molecule has 0 bridgehead atoms. The van der Waals surface area contributed by atoms with Gasteiger partial charge >= 0.3 is 6.09 Å². The predicted molar refractivity (Wildman–Crippen MR) is 37.4 cm³/mol. The molecule has 0 heterocycles. The Morgan fingerprint density at radius 1 is 1.45 bits per heavy atom. The van der Waals surface area contributed by atoms with Crippen LogP contribution >= 0.6 is 0 Å². The van der Waals surface area contributed by atoms with E-state index in [0.29, 0.717) is 0 Å². The summed E-state index contributed by atoms with van der Waals surface area (Å²) in [6, 6.07) is 0. The van der Waals surface area contributed by atoms with Gasteiger partial charge in [0, 0.05) is 0 Å². The molecule has 0 aromatic carbocycles. The first-order valence-electron chi connectivity index (χ1n) is 3.12. The summed E-state index contributed by atoms with van der Waals surface area (Å²) >= 11 is 0. The third-order valence-corrected chi connectivity index (χ3v) is 0.765. The maximum atomic E-state index is 10.5. The fraction of sp³-hybridized carbons (Fsp3) is 0.600. The van der Waals surface area contributed by atoms with E-state index in [9.17, 15) is 9.59 Å². The van der Waals surface area contributed by atoms with Crippen molar-refractivity contribution in [1.82, 2.24) is 10.9 Å². The minimum absolute atomic E-state index is 0.174. The molecule has 0 radical (unpaired) electrons. The molecule has 11 heavy (non-hydrogen) atoms. The van der Waals surface area contributed by atoms with Crippen LogP contribution < -0.4 is 16.6 Å². The van der Waals surface area contributed by atoms with Crippen molar-refractivity contribution in [1.29, 1.82) is 0 Å². The van der Waals surface area contributed by atoms with E-state index in [1.165, 1.54) is 0 Å². The maximum Gasteiger partial charge on any atom is 0.426 e. The highest BCUT2D eigenvalue weighted by Gasteiger charge is 2.00. The number of hydrogen-bond donors (Lipinski definition) is 3. The lowest BCUT2D eigenvalue weighted by atomic mass is 10.6.